The summed E-state index contributed by atoms with van der Waals surface area (Å²) < 4.78 is 4.26. The average molecular weight is 226 g/mol. The van der Waals surface area contributed by atoms with Gasteiger partial charge in [-0.15, -0.1) is 0 Å². The van der Waals surface area contributed by atoms with Crippen molar-refractivity contribution in [2.45, 2.75) is 24.8 Å². The lowest BCUT2D eigenvalue weighted by Gasteiger charge is -2.37. The van der Waals surface area contributed by atoms with Crippen LogP contribution in [-0.2, 0) is 4.79 Å². The van der Waals surface area contributed by atoms with E-state index in [1.165, 1.54) is 0 Å². The lowest BCUT2D eigenvalue weighted by Crippen LogP contribution is -2.59. The number of rotatable bonds is 3. The van der Waals surface area contributed by atoms with Crippen molar-refractivity contribution >= 4 is 17.7 Å². The number of amides is 1. The van der Waals surface area contributed by atoms with Gasteiger partial charge in [-0.3, -0.25) is 4.79 Å². The van der Waals surface area contributed by atoms with Crippen LogP contribution in [0.2, 0.25) is 0 Å². The van der Waals surface area contributed by atoms with Crippen LogP contribution in [0.1, 0.15) is 29.8 Å². The second-order valence-corrected chi connectivity index (χ2v) is 3.69. The Bertz CT molecular complexity index is 437. The molecule has 86 valence electrons. The summed E-state index contributed by atoms with van der Waals surface area (Å²) in [7, 11) is 0. The number of anilines is 1. The van der Waals surface area contributed by atoms with E-state index in [9.17, 15) is 9.59 Å². The minimum atomic E-state index is -1.19. The van der Waals surface area contributed by atoms with Gasteiger partial charge in [0, 0.05) is 0 Å². The molecule has 0 unspecified atom stereocenters. The molecule has 2 rings (SSSR count). The molecule has 4 N–H and O–H groups in total. The number of nitrogens with two attached hydrogens (primary N) is 1. The van der Waals surface area contributed by atoms with Gasteiger partial charge in [0.05, 0.1) is 0 Å². The molecule has 1 aliphatic carbocycles. The monoisotopic (exact) mass is 226 g/mol. The fraction of sp³-hybridized carbons (Fsp3) is 0.500. The summed E-state index contributed by atoms with van der Waals surface area (Å²) in [4.78, 5) is 22.6. The Kier molecular flexibility index (Phi) is 2.26. The van der Waals surface area contributed by atoms with E-state index in [1.54, 1.807) is 0 Å². The number of carboxylic acids is 1. The molecule has 0 saturated heterocycles. The number of nitrogen functional groups attached to an aromatic ring is 1. The molecule has 0 bridgehead atoms. The van der Waals surface area contributed by atoms with Crippen LogP contribution in [0.4, 0.5) is 5.82 Å². The van der Waals surface area contributed by atoms with Gasteiger partial charge in [0.1, 0.15) is 5.54 Å². The Morgan fingerprint density at radius 3 is 2.50 bits per heavy atom. The molecule has 8 nitrogen and oxygen atoms in total. The SMILES string of the molecule is Nc1nonc1C(=O)NC1(C(=O)O)CCC1. The van der Waals surface area contributed by atoms with Crippen LogP contribution < -0.4 is 11.1 Å². The van der Waals surface area contributed by atoms with Crippen molar-refractivity contribution in [2.24, 2.45) is 0 Å². The van der Waals surface area contributed by atoms with E-state index in [1.807, 2.05) is 0 Å². The maximum Gasteiger partial charge on any atom is 0.329 e. The first-order valence-electron chi connectivity index (χ1n) is 4.69. The number of aliphatic carboxylic acids is 1. The van der Waals surface area contributed by atoms with E-state index in [4.69, 9.17) is 10.8 Å². The van der Waals surface area contributed by atoms with E-state index in [-0.39, 0.29) is 11.5 Å². The first-order valence-corrected chi connectivity index (χ1v) is 4.69. The zero-order valence-corrected chi connectivity index (χ0v) is 8.27. The maximum atomic E-state index is 11.6. The van der Waals surface area contributed by atoms with Gasteiger partial charge in [0.25, 0.3) is 5.91 Å². The number of nitrogens with one attached hydrogen (secondary N) is 1. The minimum absolute atomic E-state index is 0.155. The second kappa shape index (κ2) is 3.47. The molecule has 1 aliphatic rings. The number of hydrogen-bond donors (Lipinski definition) is 3. The van der Waals surface area contributed by atoms with Gasteiger partial charge < -0.3 is 16.2 Å². The summed E-state index contributed by atoms with van der Waals surface area (Å²) in [5.41, 5.74) is 3.94. The first-order chi connectivity index (χ1) is 7.55. The van der Waals surface area contributed by atoms with E-state index in [2.05, 4.69) is 20.3 Å². The molecule has 0 aliphatic heterocycles. The standard InChI is InChI=1S/C8H10N4O4/c9-5-4(11-16-12-5)6(13)10-8(7(14)15)2-1-3-8/h1-3H2,(H2,9,12)(H,10,13)(H,14,15). The molecule has 8 heteroatoms. The third-order valence-electron chi connectivity index (χ3n) is 2.70. The number of nitrogens with zero attached hydrogens (tertiary/aromatic N) is 2. The Morgan fingerprint density at radius 2 is 2.12 bits per heavy atom. The number of carbonyl (C=O) groups is 2. The summed E-state index contributed by atoms with van der Waals surface area (Å²) in [5.74, 6) is -1.89. The summed E-state index contributed by atoms with van der Waals surface area (Å²) >= 11 is 0. The predicted molar refractivity (Wildman–Crippen MR) is 50.4 cm³/mol. The van der Waals surface area contributed by atoms with Crippen LogP contribution in [0.15, 0.2) is 4.63 Å². The topological polar surface area (TPSA) is 131 Å². The molecule has 1 fully saturated rings. The summed E-state index contributed by atoms with van der Waals surface area (Å²) in [6.07, 6.45) is 1.57. The van der Waals surface area contributed by atoms with Gasteiger partial charge in [-0.05, 0) is 29.6 Å². The molecule has 1 amide bonds. The van der Waals surface area contributed by atoms with Crippen LogP contribution in [0.3, 0.4) is 0 Å². The van der Waals surface area contributed by atoms with E-state index in [0.717, 1.165) is 6.42 Å². The fourth-order valence-corrected chi connectivity index (χ4v) is 1.55. The Labute approximate surface area is 89.8 Å². The first kappa shape index (κ1) is 10.4. The van der Waals surface area contributed by atoms with Crippen molar-refractivity contribution < 1.29 is 19.3 Å². The molecular weight excluding hydrogens is 216 g/mol. The van der Waals surface area contributed by atoms with Gasteiger partial charge in [-0.2, -0.15) is 0 Å². The normalized spacial score (nSPS) is 17.5. The zero-order chi connectivity index (χ0) is 11.8. The van der Waals surface area contributed by atoms with E-state index in [0.29, 0.717) is 12.8 Å². The van der Waals surface area contributed by atoms with Gasteiger partial charge in [-0.25, -0.2) is 9.42 Å². The second-order valence-electron chi connectivity index (χ2n) is 3.69. The highest BCUT2D eigenvalue weighted by atomic mass is 16.6. The van der Waals surface area contributed by atoms with Crippen molar-refractivity contribution in [3.05, 3.63) is 5.69 Å². The van der Waals surface area contributed by atoms with Crippen LogP contribution >= 0.6 is 0 Å². The summed E-state index contributed by atoms with van der Waals surface area (Å²) in [5, 5.41) is 17.9. The van der Waals surface area contributed by atoms with Crippen molar-refractivity contribution in [3.63, 3.8) is 0 Å². The highest BCUT2D eigenvalue weighted by Crippen LogP contribution is 2.32. The molecule has 1 heterocycles. The molecule has 0 aromatic carbocycles. The maximum absolute atomic E-state index is 11.6. The Morgan fingerprint density at radius 1 is 1.44 bits per heavy atom. The molecule has 16 heavy (non-hydrogen) atoms. The Balaban J connectivity index is 2.13. The number of hydrogen-bond acceptors (Lipinski definition) is 6. The Hall–Kier alpha value is -2.12. The lowest BCUT2D eigenvalue weighted by molar-refractivity contribution is -0.148. The molecule has 1 saturated carbocycles. The van der Waals surface area contributed by atoms with Crippen molar-refractivity contribution in [1.29, 1.82) is 0 Å². The smallest absolute Gasteiger partial charge is 0.329 e. The zero-order valence-electron chi connectivity index (χ0n) is 8.27. The molecule has 1 aromatic rings. The van der Waals surface area contributed by atoms with E-state index < -0.39 is 17.4 Å². The third-order valence-corrected chi connectivity index (χ3v) is 2.70. The van der Waals surface area contributed by atoms with Crippen LogP contribution in [0, 0.1) is 0 Å². The van der Waals surface area contributed by atoms with Gasteiger partial charge >= 0.3 is 5.97 Å². The van der Waals surface area contributed by atoms with Crippen LogP contribution in [0.25, 0.3) is 0 Å². The van der Waals surface area contributed by atoms with Gasteiger partial charge in [0.2, 0.25) is 11.5 Å². The molecule has 0 radical (unpaired) electrons. The average Bonchev–Trinajstić information content (AvgIpc) is 2.57. The van der Waals surface area contributed by atoms with Crippen molar-refractivity contribution in [1.82, 2.24) is 15.6 Å². The fourth-order valence-electron chi connectivity index (χ4n) is 1.55. The quantitative estimate of drug-likeness (QED) is 0.626. The summed E-state index contributed by atoms with van der Waals surface area (Å²) in [6.45, 7) is 0. The third kappa shape index (κ3) is 1.47. The van der Waals surface area contributed by atoms with Crippen LogP contribution in [-0.4, -0.2) is 32.8 Å². The molecule has 0 atom stereocenters. The highest BCUT2D eigenvalue weighted by Gasteiger charge is 2.46. The van der Waals surface area contributed by atoms with Crippen molar-refractivity contribution in [3.8, 4) is 0 Å². The molecule has 0 spiro atoms. The molecular formula is C8H10N4O4. The van der Waals surface area contributed by atoms with Gasteiger partial charge in [0.15, 0.2) is 0 Å². The minimum Gasteiger partial charge on any atom is -0.480 e. The summed E-state index contributed by atoms with van der Waals surface area (Å²) in [6, 6.07) is 0. The largest absolute Gasteiger partial charge is 0.480 e. The molecule has 1 aromatic heterocycles. The number of aromatic nitrogens is 2. The highest BCUT2D eigenvalue weighted by molar-refractivity contribution is 5.99. The van der Waals surface area contributed by atoms with E-state index >= 15 is 0 Å². The predicted octanol–water partition coefficient (Wildman–Crippen LogP) is -0.611. The lowest BCUT2D eigenvalue weighted by atomic mass is 9.76. The van der Waals surface area contributed by atoms with Crippen LogP contribution in [0.5, 0.6) is 0 Å². The van der Waals surface area contributed by atoms with Crippen molar-refractivity contribution in [2.75, 3.05) is 5.73 Å². The number of carboxylic acid groups (broad SMARTS) is 1. The van der Waals surface area contributed by atoms with Gasteiger partial charge in [-0.1, -0.05) is 0 Å². The number of carbonyl (C=O) groups excluding carboxylic acids is 1.